The summed E-state index contributed by atoms with van der Waals surface area (Å²) in [6, 6.07) is 13.5. The van der Waals surface area contributed by atoms with Gasteiger partial charge in [0.1, 0.15) is 0 Å². The second-order valence-electron chi connectivity index (χ2n) is 5.18. The van der Waals surface area contributed by atoms with E-state index in [1.807, 2.05) is 49.4 Å². The standard InChI is InChI=1S/C17H13BrIN3O2S/c1-10-8-13(19)6-7-14(10)20-15(23)9-25-17-22-21-16(24-17)11-2-4-12(18)5-3-11/h2-8H,9H2,1H3,(H,20,23). The Morgan fingerprint density at radius 1 is 1.24 bits per heavy atom. The van der Waals surface area contributed by atoms with Crippen molar-refractivity contribution in [3.05, 3.63) is 56.1 Å². The predicted molar refractivity (Wildman–Crippen MR) is 111 cm³/mol. The number of aryl methyl sites for hydroxylation is 1. The number of carbonyl (C=O) groups excluding carboxylic acids is 1. The van der Waals surface area contributed by atoms with Crippen LogP contribution in [0.4, 0.5) is 5.69 Å². The summed E-state index contributed by atoms with van der Waals surface area (Å²) in [5.74, 6) is 0.523. The van der Waals surface area contributed by atoms with Crippen LogP contribution in [0.15, 0.2) is 56.6 Å². The number of hydrogen-bond donors (Lipinski definition) is 1. The van der Waals surface area contributed by atoms with Crippen LogP contribution in [-0.2, 0) is 4.79 Å². The highest BCUT2D eigenvalue weighted by molar-refractivity contribution is 14.1. The van der Waals surface area contributed by atoms with Crippen molar-refractivity contribution in [1.82, 2.24) is 10.2 Å². The number of anilines is 1. The highest BCUT2D eigenvalue weighted by Crippen LogP contribution is 2.25. The third kappa shape index (κ3) is 5.05. The molecule has 0 aliphatic carbocycles. The Labute approximate surface area is 171 Å². The number of amides is 1. The first-order valence-corrected chi connectivity index (χ1v) is 10.2. The molecule has 5 nitrogen and oxygen atoms in total. The first kappa shape index (κ1) is 18.4. The predicted octanol–water partition coefficient (Wildman–Crippen LogP) is 5.14. The van der Waals surface area contributed by atoms with Crippen molar-refractivity contribution in [3.63, 3.8) is 0 Å². The van der Waals surface area contributed by atoms with Gasteiger partial charge in [-0.1, -0.05) is 27.7 Å². The Hall–Kier alpha value is -1.39. The van der Waals surface area contributed by atoms with E-state index in [0.29, 0.717) is 11.1 Å². The fourth-order valence-electron chi connectivity index (χ4n) is 2.06. The van der Waals surface area contributed by atoms with Gasteiger partial charge in [-0.25, -0.2) is 0 Å². The van der Waals surface area contributed by atoms with Gasteiger partial charge in [-0.15, -0.1) is 10.2 Å². The van der Waals surface area contributed by atoms with Gasteiger partial charge in [-0.3, -0.25) is 4.79 Å². The molecule has 8 heteroatoms. The van der Waals surface area contributed by atoms with Gasteiger partial charge in [0.15, 0.2) is 0 Å². The average Bonchev–Trinajstić information content (AvgIpc) is 3.05. The maximum Gasteiger partial charge on any atom is 0.277 e. The first-order chi connectivity index (χ1) is 12.0. The SMILES string of the molecule is Cc1cc(I)ccc1NC(=O)CSc1nnc(-c2ccc(Br)cc2)o1. The Morgan fingerprint density at radius 3 is 2.72 bits per heavy atom. The number of aromatic nitrogens is 2. The van der Waals surface area contributed by atoms with Crippen LogP contribution in [0.1, 0.15) is 5.56 Å². The van der Waals surface area contributed by atoms with E-state index in [1.165, 1.54) is 11.8 Å². The summed E-state index contributed by atoms with van der Waals surface area (Å²) < 4.78 is 7.71. The quantitative estimate of drug-likeness (QED) is 0.366. The van der Waals surface area contributed by atoms with Crippen molar-refractivity contribution < 1.29 is 9.21 Å². The molecule has 0 radical (unpaired) electrons. The second-order valence-corrected chi connectivity index (χ2v) is 8.26. The lowest BCUT2D eigenvalue weighted by Gasteiger charge is -2.07. The van der Waals surface area contributed by atoms with Gasteiger partial charge in [0.05, 0.1) is 5.75 Å². The van der Waals surface area contributed by atoms with Crippen molar-refractivity contribution in [1.29, 1.82) is 0 Å². The van der Waals surface area contributed by atoms with E-state index in [0.717, 1.165) is 24.9 Å². The van der Waals surface area contributed by atoms with Crippen LogP contribution < -0.4 is 5.32 Å². The number of nitrogens with one attached hydrogen (secondary N) is 1. The van der Waals surface area contributed by atoms with Crippen LogP contribution in [0.2, 0.25) is 0 Å². The largest absolute Gasteiger partial charge is 0.411 e. The summed E-state index contributed by atoms with van der Waals surface area (Å²) in [5.41, 5.74) is 2.68. The Bertz CT molecular complexity index is 899. The fourth-order valence-corrected chi connectivity index (χ4v) is 3.53. The maximum atomic E-state index is 12.1. The third-order valence-electron chi connectivity index (χ3n) is 3.29. The van der Waals surface area contributed by atoms with E-state index in [1.54, 1.807) is 0 Å². The summed E-state index contributed by atoms with van der Waals surface area (Å²) in [7, 11) is 0. The maximum absolute atomic E-state index is 12.1. The molecule has 2 aromatic carbocycles. The zero-order valence-electron chi connectivity index (χ0n) is 13.1. The molecule has 3 rings (SSSR count). The molecule has 3 aromatic rings. The molecule has 1 amide bonds. The molecule has 0 bridgehead atoms. The number of nitrogens with zero attached hydrogens (tertiary/aromatic N) is 2. The zero-order chi connectivity index (χ0) is 17.8. The monoisotopic (exact) mass is 529 g/mol. The summed E-state index contributed by atoms with van der Waals surface area (Å²) in [5, 5.41) is 11.3. The molecule has 0 saturated heterocycles. The molecular weight excluding hydrogens is 517 g/mol. The van der Waals surface area contributed by atoms with Gasteiger partial charge in [-0.05, 0) is 77.5 Å². The first-order valence-electron chi connectivity index (χ1n) is 7.29. The van der Waals surface area contributed by atoms with Crippen LogP contribution in [0.3, 0.4) is 0 Å². The van der Waals surface area contributed by atoms with Gasteiger partial charge < -0.3 is 9.73 Å². The second kappa shape index (κ2) is 8.33. The van der Waals surface area contributed by atoms with Crippen LogP contribution in [-0.4, -0.2) is 21.9 Å². The van der Waals surface area contributed by atoms with E-state index in [4.69, 9.17) is 4.42 Å². The third-order valence-corrected chi connectivity index (χ3v) is 5.31. The summed E-state index contributed by atoms with van der Waals surface area (Å²) in [6.45, 7) is 1.97. The van der Waals surface area contributed by atoms with Gasteiger partial charge >= 0.3 is 0 Å². The minimum atomic E-state index is -0.113. The van der Waals surface area contributed by atoms with Crippen molar-refractivity contribution in [2.45, 2.75) is 12.1 Å². The minimum Gasteiger partial charge on any atom is -0.411 e. The van der Waals surface area contributed by atoms with E-state index < -0.39 is 0 Å². The fraction of sp³-hybridized carbons (Fsp3) is 0.118. The number of hydrogen-bond acceptors (Lipinski definition) is 5. The van der Waals surface area contributed by atoms with Crippen LogP contribution >= 0.6 is 50.3 Å². The van der Waals surface area contributed by atoms with E-state index >= 15 is 0 Å². The molecule has 0 atom stereocenters. The van der Waals surface area contributed by atoms with E-state index in [2.05, 4.69) is 54.0 Å². The van der Waals surface area contributed by atoms with Gasteiger partial charge in [-0.2, -0.15) is 0 Å². The lowest BCUT2D eigenvalue weighted by molar-refractivity contribution is -0.113. The molecule has 0 spiro atoms. The number of thioether (sulfide) groups is 1. The number of carbonyl (C=O) groups is 1. The van der Waals surface area contributed by atoms with E-state index in [9.17, 15) is 4.79 Å². The van der Waals surface area contributed by atoms with Crippen molar-refractivity contribution in [2.24, 2.45) is 0 Å². The molecule has 1 heterocycles. The molecule has 0 aliphatic heterocycles. The minimum absolute atomic E-state index is 0.113. The Balaban J connectivity index is 1.58. The van der Waals surface area contributed by atoms with Crippen LogP contribution in [0, 0.1) is 10.5 Å². The summed E-state index contributed by atoms with van der Waals surface area (Å²) in [4.78, 5) is 12.1. The Kier molecular flexibility index (Phi) is 6.13. The van der Waals surface area contributed by atoms with Gasteiger partial charge in [0, 0.05) is 19.3 Å². The number of halogens is 2. The van der Waals surface area contributed by atoms with Crippen molar-refractivity contribution in [3.8, 4) is 11.5 Å². The topological polar surface area (TPSA) is 68.0 Å². The molecule has 25 heavy (non-hydrogen) atoms. The zero-order valence-corrected chi connectivity index (χ0v) is 17.7. The molecule has 0 fully saturated rings. The molecule has 1 aromatic heterocycles. The number of benzene rings is 2. The van der Waals surface area contributed by atoms with Crippen molar-refractivity contribution >= 4 is 61.9 Å². The molecule has 1 N–H and O–H groups in total. The lowest BCUT2D eigenvalue weighted by atomic mass is 10.2. The normalized spacial score (nSPS) is 10.7. The highest BCUT2D eigenvalue weighted by Gasteiger charge is 2.12. The smallest absolute Gasteiger partial charge is 0.277 e. The molecule has 128 valence electrons. The lowest BCUT2D eigenvalue weighted by Crippen LogP contribution is -2.14. The molecular formula is C17H13BrIN3O2S. The summed E-state index contributed by atoms with van der Waals surface area (Å²) in [6.07, 6.45) is 0. The highest BCUT2D eigenvalue weighted by atomic mass is 127. The Morgan fingerprint density at radius 2 is 2.00 bits per heavy atom. The van der Waals surface area contributed by atoms with Crippen molar-refractivity contribution in [2.75, 3.05) is 11.1 Å². The molecule has 0 saturated carbocycles. The van der Waals surface area contributed by atoms with Gasteiger partial charge in [0.2, 0.25) is 11.8 Å². The molecule has 0 unspecified atom stereocenters. The van der Waals surface area contributed by atoms with Crippen LogP contribution in [0.5, 0.6) is 0 Å². The van der Waals surface area contributed by atoms with E-state index in [-0.39, 0.29) is 11.7 Å². The number of rotatable bonds is 5. The van der Waals surface area contributed by atoms with Crippen LogP contribution in [0.25, 0.3) is 11.5 Å². The summed E-state index contributed by atoms with van der Waals surface area (Å²) >= 11 is 6.84. The molecule has 0 aliphatic rings. The van der Waals surface area contributed by atoms with Gasteiger partial charge in [0.25, 0.3) is 5.22 Å². The average molecular weight is 530 g/mol.